The molecule has 2 aromatic carbocycles. The number of benzene rings is 2. The maximum atomic E-state index is 11.2. The number of carboxylic acids is 1. The first kappa shape index (κ1) is 13.8. The zero-order chi connectivity index (χ0) is 14.5. The zero-order valence-corrected chi connectivity index (χ0v) is 11.1. The third kappa shape index (κ3) is 3.23. The van der Waals surface area contributed by atoms with E-state index in [2.05, 4.69) is 5.32 Å². The Morgan fingerprint density at radius 1 is 1.10 bits per heavy atom. The molecule has 0 saturated carbocycles. The predicted molar refractivity (Wildman–Crippen MR) is 76.4 cm³/mol. The molecule has 0 aliphatic rings. The molecule has 0 aromatic heterocycles. The SMILES string of the molecule is CC(=O)NCc1cccc(-c2ccccc2C(=O)O)c1. The molecule has 2 aromatic rings. The van der Waals surface area contributed by atoms with Gasteiger partial charge in [-0.1, -0.05) is 36.4 Å². The van der Waals surface area contributed by atoms with Crippen LogP contribution in [0.2, 0.25) is 0 Å². The van der Waals surface area contributed by atoms with Crippen LogP contribution in [0, 0.1) is 0 Å². The minimum Gasteiger partial charge on any atom is -0.478 e. The van der Waals surface area contributed by atoms with Crippen LogP contribution in [-0.4, -0.2) is 17.0 Å². The summed E-state index contributed by atoms with van der Waals surface area (Å²) in [5.74, 6) is -1.05. The minimum absolute atomic E-state index is 0.0960. The van der Waals surface area contributed by atoms with Gasteiger partial charge in [0.05, 0.1) is 5.56 Å². The molecule has 0 saturated heterocycles. The Balaban J connectivity index is 2.36. The fraction of sp³-hybridized carbons (Fsp3) is 0.125. The van der Waals surface area contributed by atoms with Crippen molar-refractivity contribution in [2.45, 2.75) is 13.5 Å². The average Bonchev–Trinajstić information content (AvgIpc) is 2.45. The number of amides is 1. The van der Waals surface area contributed by atoms with Gasteiger partial charge in [-0.25, -0.2) is 4.79 Å². The van der Waals surface area contributed by atoms with Crippen molar-refractivity contribution in [1.29, 1.82) is 0 Å². The third-order valence-electron chi connectivity index (χ3n) is 2.94. The number of rotatable bonds is 4. The number of hydrogen-bond acceptors (Lipinski definition) is 2. The number of hydrogen-bond donors (Lipinski definition) is 2. The molecule has 0 aliphatic heterocycles. The quantitative estimate of drug-likeness (QED) is 0.896. The van der Waals surface area contributed by atoms with E-state index in [1.165, 1.54) is 6.92 Å². The average molecular weight is 269 g/mol. The molecule has 0 heterocycles. The molecule has 0 unspecified atom stereocenters. The molecule has 0 spiro atoms. The smallest absolute Gasteiger partial charge is 0.336 e. The fourth-order valence-electron chi connectivity index (χ4n) is 2.00. The Labute approximate surface area is 117 Å². The lowest BCUT2D eigenvalue weighted by molar-refractivity contribution is -0.119. The van der Waals surface area contributed by atoms with Gasteiger partial charge in [-0.2, -0.15) is 0 Å². The lowest BCUT2D eigenvalue weighted by Gasteiger charge is -2.08. The summed E-state index contributed by atoms with van der Waals surface area (Å²) in [5, 5.41) is 11.9. The molecule has 20 heavy (non-hydrogen) atoms. The Kier molecular flexibility index (Phi) is 4.15. The van der Waals surface area contributed by atoms with Crippen LogP contribution in [0.25, 0.3) is 11.1 Å². The highest BCUT2D eigenvalue weighted by atomic mass is 16.4. The van der Waals surface area contributed by atoms with Crippen molar-refractivity contribution in [1.82, 2.24) is 5.32 Å². The second-order valence-electron chi connectivity index (χ2n) is 4.46. The lowest BCUT2D eigenvalue weighted by Crippen LogP contribution is -2.18. The van der Waals surface area contributed by atoms with Gasteiger partial charge in [0.15, 0.2) is 0 Å². The Morgan fingerprint density at radius 3 is 2.55 bits per heavy atom. The summed E-state index contributed by atoms with van der Waals surface area (Å²) in [6, 6.07) is 14.4. The molecule has 2 N–H and O–H groups in total. The van der Waals surface area contributed by atoms with Crippen LogP contribution in [0.3, 0.4) is 0 Å². The lowest BCUT2D eigenvalue weighted by atomic mass is 9.98. The van der Waals surface area contributed by atoms with Gasteiger partial charge in [0.1, 0.15) is 0 Å². The van der Waals surface area contributed by atoms with Gasteiger partial charge >= 0.3 is 5.97 Å². The molecule has 0 radical (unpaired) electrons. The Bertz CT molecular complexity index is 650. The molecule has 2 rings (SSSR count). The number of aromatic carboxylic acids is 1. The van der Waals surface area contributed by atoms with Crippen molar-refractivity contribution >= 4 is 11.9 Å². The van der Waals surface area contributed by atoms with Crippen molar-refractivity contribution in [3.8, 4) is 11.1 Å². The van der Waals surface area contributed by atoms with E-state index < -0.39 is 5.97 Å². The summed E-state index contributed by atoms with van der Waals surface area (Å²) in [6.45, 7) is 1.89. The van der Waals surface area contributed by atoms with Gasteiger partial charge in [0, 0.05) is 13.5 Å². The Hall–Kier alpha value is -2.62. The molecule has 0 aliphatic carbocycles. The number of carbonyl (C=O) groups excluding carboxylic acids is 1. The van der Waals surface area contributed by atoms with Gasteiger partial charge in [-0.05, 0) is 28.8 Å². The summed E-state index contributed by atoms with van der Waals surface area (Å²) in [7, 11) is 0. The van der Waals surface area contributed by atoms with E-state index in [0.717, 1.165) is 11.1 Å². The highest BCUT2D eigenvalue weighted by molar-refractivity contribution is 5.96. The van der Waals surface area contributed by atoms with Crippen molar-refractivity contribution in [2.75, 3.05) is 0 Å². The van der Waals surface area contributed by atoms with E-state index in [4.69, 9.17) is 0 Å². The van der Waals surface area contributed by atoms with E-state index in [1.807, 2.05) is 30.3 Å². The van der Waals surface area contributed by atoms with Crippen LogP contribution in [0.1, 0.15) is 22.8 Å². The highest BCUT2D eigenvalue weighted by Crippen LogP contribution is 2.24. The number of carboxylic acid groups (broad SMARTS) is 1. The van der Waals surface area contributed by atoms with Gasteiger partial charge in [-0.3, -0.25) is 4.79 Å². The number of carbonyl (C=O) groups is 2. The molecule has 102 valence electrons. The van der Waals surface area contributed by atoms with Crippen LogP contribution in [0.15, 0.2) is 48.5 Å². The van der Waals surface area contributed by atoms with Crippen LogP contribution in [0.4, 0.5) is 0 Å². The Morgan fingerprint density at radius 2 is 1.85 bits per heavy atom. The maximum absolute atomic E-state index is 11.2. The van der Waals surface area contributed by atoms with Crippen molar-refractivity contribution in [2.24, 2.45) is 0 Å². The summed E-state index contributed by atoms with van der Waals surface area (Å²) in [4.78, 5) is 22.2. The molecule has 4 heteroatoms. The van der Waals surface area contributed by atoms with Gasteiger partial charge in [-0.15, -0.1) is 0 Å². The minimum atomic E-state index is -0.951. The summed E-state index contributed by atoms with van der Waals surface area (Å²) >= 11 is 0. The van der Waals surface area contributed by atoms with Crippen molar-refractivity contribution in [3.63, 3.8) is 0 Å². The predicted octanol–water partition coefficient (Wildman–Crippen LogP) is 2.69. The van der Waals surface area contributed by atoms with Crippen LogP contribution >= 0.6 is 0 Å². The largest absolute Gasteiger partial charge is 0.478 e. The van der Waals surface area contributed by atoms with Gasteiger partial charge in [0.25, 0.3) is 0 Å². The number of nitrogens with one attached hydrogen (secondary N) is 1. The first-order chi connectivity index (χ1) is 9.58. The van der Waals surface area contributed by atoms with Crippen LogP contribution in [-0.2, 0) is 11.3 Å². The van der Waals surface area contributed by atoms with E-state index in [1.54, 1.807) is 18.2 Å². The molecule has 4 nitrogen and oxygen atoms in total. The van der Waals surface area contributed by atoms with Crippen LogP contribution < -0.4 is 5.32 Å². The zero-order valence-electron chi connectivity index (χ0n) is 11.1. The monoisotopic (exact) mass is 269 g/mol. The maximum Gasteiger partial charge on any atom is 0.336 e. The molecule has 0 bridgehead atoms. The van der Waals surface area contributed by atoms with Crippen molar-refractivity contribution in [3.05, 3.63) is 59.7 Å². The third-order valence-corrected chi connectivity index (χ3v) is 2.94. The molecule has 0 fully saturated rings. The van der Waals surface area contributed by atoms with Gasteiger partial charge < -0.3 is 10.4 Å². The fourth-order valence-corrected chi connectivity index (χ4v) is 2.00. The van der Waals surface area contributed by atoms with Gasteiger partial charge in [0.2, 0.25) is 5.91 Å². The van der Waals surface area contributed by atoms with Crippen LogP contribution in [0.5, 0.6) is 0 Å². The molecular formula is C16H15NO3. The van der Waals surface area contributed by atoms with Crippen molar-refractivity contribution < 1.29 is 14.7 Å². The topological polar surface area (TPSA) is 66.4 Å². The molecule has 1 amide bonds. The molecule has 0 atom stereocenters. The normalized spacial score (nSPS) is 10.1. The first-order valence-corrected chi connectivity index (χ1v) is 6.24. The summed E-state index contributed by atoms with van der Waals surface area (Å²) in [6.07, 6.45) is 0. The molecular weight excluding hydrogens is 254 g/mol. The van der Waals surface area contributed by atoms with E-state index in [0.29, 0.717) is 12.1 Å². The summed E-state index contributed by atoms with van der Waals surface area (Å²) < 4.78 is 0. The van der Waals surface area contributed by atoms with E-state index in [9.17, 15) is 14.7 Å². The standard InChI is InChI=1S/C16H15NO3/c1-11(18)17-10-12-5-4-6-13(9-12)14-7-2-3-8-15(14)16(19)20/h2-9H,10H2,1H3,(H,17,18)(H,19,20). The second kappa shape index (κ2) is 6.02. The van der Waals surface area contributed by atoms with E-state index >= 15 is 0 Å². The summed E-state index contributed by atoms with van der Waals surface area (Å²) in [5.41, 5.74) is 2.69. The van der Waals surface area contributed by atoms with E-state index in [-0.39, 0.29) is 11.5 Å². The highest BCUT2D eigenvalue weighted by Gasteiger charge is 2.10. The second-order valence-corrected chi connectivity index (χ2v) is 4.46. The first-order valence-electron chi connectivity index (χ1n) is 6.24.